The number of carboxylic acids is 1. The van der Waals surface area contributed by atoms with Crippen LogP contribution in [0.5, 0.6) is 0 Å². The van der Waals surface area contributed by atoms with Crippen molar-refractivity contribution in [1.82, 2.24) is 9.29 Å². The summed E-state index contributed by atoms with van der Waals surface area (Å²) in [6.45, 7) is 0. The first-order valence-corrected chi connectivity index (χ1v) is 14.5. The Morgan fingerprint density at radius 2 is 1.52 bits per heavy atom. The van der Waals surface area contributed by atoms with Crippen LogP contribution in [0.25, 0.3) is 33.0 Å². The molecule has 0 aliphatic rings. The van der Waals surface area contributed by atoms with Gasteiger partial charge in [0.15, 0.2) is 5.76 Å². The van der Waals surface area contributed by atoms with Gasteiger partial charge in [0.2, 0.25) is 10.0 Å². The lowest BCUT2D eigenvalue weighted by molar-refractivity contribution is -0.139. The fourth-order valence-electron chi connectivity index (χ4n) is 4.82. The zero-order valence-electron chi connectivity index (χ0n) is 22.3. The first-order valence-electron chi connectivity index (χ1n) is 13.0. The smallest absolute Gasteiger partial charge is 0.326 e. The first-order chi connectivity index (χ1) is 20.2. The number of aliphatic carboxylic acids is 1. The fraction of sp³-hybridized carbons (Fsp3) is 0.0625. The number of sulfonamides is 1. The number of para-hydroxylation sites is 1. The number of furan rings is 1. The molecule has 0 spiro atoms. The average Bonchev–Trinajstić information content (AvgIpc) is 3.60. The monoisotopic (exact) mass is 579 g/mol. The minimum atomic E-state index is -4.15. The molecular formula is C32H25N3O6S. The summed E-state index contributed by atoms with van der Waals surface area (Å²) in [5, 5.41) is 14.3. The molecule has 0 bridgehead atoms. The van der Waals surface area contributed by atoms with Crippen LogP contribution in [0.1, 0.15) is 22.2 Å². The molecule has 4 aromatic carbocycles. The van der Waals surface area contributed by atoms with Crippen LogP contribution in [-0.4, -0.2) is 30.0 Å². The lowest BCUT2D eigenvalue weighted by Gasteiger charge is -2.16. The van der Waals surface area contributed by atoms with E-state index in [0.29, 0.717) is 16.8 Å². The zero-order chi connectivity index (χ0) is 29.4. The summed E-state index contributed by atoms with van der Waals surface area (Å²) in [7, 11) is -2.27. The highest BCUT2D eigenvalue weighted by Crippen LogP contribution is 2.26. The molecule has 3 N–H and O–H groups in total. The number of carboxylic acid groups (broad SMARTS) is 1. The minimum absolute atomic E-state index is 0.0620. The number of hydrogen-bond donors (Lipinski definition) is 3. The second kappa shape index (κ2) is 10.7. The number of nitrogens with one attached hydrogen (secondary N) is 2. The summed E-state index contributed by atoms with van der Waals surface area (Å²) in [5.41, 5.74) is 3.98. The van der Waals surface area contributed by atoms with E-state index in [1.54, 1.807) is 66.7 Å². The molecule has 6 rings (SSSR count). The maximum atomic E-state index is 13.1. The maximum absolute atomic E-state index is 13.1. The average molecular weight is 580 g/mol. The lowest BCUT2D eigenvalue weighted by Crippen LogP contribution is -2.33. The van der Waals surface area contributed by atoms with Crippen molar-refractivity contribution in [3.05, 3.63) is 121 Å². The van der Waals surface area contributed by atoms with Crippen LogP contribution in [0, 0.1) is 0 Å². The highest BCUT2D eigenvalue weighted by molar-refractivity contribution is 7.89. The Hall–Kier alpha value is -5.19. The van der Waals surface area contributed by atoms with Crippen molar-refractivity contribution in [3.63, 3.8) is 0 Å². The Morgan fingerprint density at radius 1 is 0.833 bits per heavy atom. The van der Waals surface area contributed by atoms with Gasteiger partial charge in [0.1, 0.15) is 11.6 Å². The Morgan fingerprint density at radius 3 is 2.21 bits per heavy atom. The van der Waals surface area contributed by atoms with E-state index in [1.807, 2.05) is 42.1 Å². The van der Waals surface area contributed by atoms with Crippen molar-refractivity contribution < 1.29 is 27.5 Å². The summed E-state index contributed by atoms with van der Waals surface area (Å²) in [5.74, 6) is -1.47. The maximum Gasteiger partial charge on any atom is 0.326 e. The predicted molar refractivity (Wildman–Crippen MR) is 160 cm³/mol. The van der Waals surface area contributed by atoms with Gasteiger partial charge in [-0.3, -0.25) is 9.59 Å². The number of rotatable bonds is 8. The van der Waals surface area contributed by atoms with Crippen molar-refractivity contribution in [2.75, 3.05) is 5.32 Å². The van der Waals surface area contributed by atoms with Gasteiger partial charge >= 0.3 is 5.97 Å². The zero-order valence-corrected chi connectivity index (χ0v) is 23.1. The molecule has 0 aliphatic heterocycles. The van der Waals surface area contributed by atoms with E-state index < -0.39 is 22.0 Å². The summed E-state index contributed by atoms with van der Waals surface area (Å²) < 4.78 is 36.1. The van der Waals surface area contributed by atoms with Gasteiger partial charge in [-0.2, -0.15) is 4.72 Å². The Balaban J connectivity index is 1.15. The molecule has 0 saturated heterocycles. The van der Waals surface area contributed by atoms with E-state index in [9.17, 15) is 23.1 Å². The number of hydrogen-bond acceptors (Lipinski definition) is 5. The van der Waals surface area contributed by atoms with Gasteiger partial charge < -0.3 is 19.4 Å². The molecule has 6 aromatic rings. The third kappa shape index (κ3) is 5.28. The summed E-state index contributed by atoms with van der Waals surface area (Å²) in [4.78, 5) is 24.6. The van der Waals surface area contributed by atoms with Crippen LogP contribution in [0.2, 0.25) is 0 Å². The Labute approximate surface area is 241 Å². The van der Waals surface area contributed by atoms with Crippen LogP contribution in [0.15, 0.2) is 119 Å². The fourth-order valence-corrected chi connectivity index (χ4v) is 6.00. The van der Waals surface area contributed by atoms with Crippen LogP contribution >= 0.6 is 0 Å². The third-order valence-electron chi connectivity index (χ3n) is 7.05. The molecular weight excluding hydrogens is 554 g/mol. The molecule has 210 valence electrons. The van der Waals surface area contributed by atoms with Gasteiger partial charge in [-0.1, -0.05) is 48.5 Å². The molecule has 0 aliphatic carbocycles. The van der Waals surface area contributed by atoms with Gasteiger partial charge in [-0.25, -0.2) is 8.42 Å². The topological polar surface area (TPSA) is 131 Å². The van der Waals surface area contributed by atoms with Gasteiger partial charge in [0.25, 0.3) is 5.91 Å². The van der Waals surface area contributed by atoms with E-state index in [-0.39, 0.29) is 16.6 Å². The van der Waals surface area contributed by atoms with Crippen molar-refractivity contribution >= 4 is 49.5 Å². The van der Waals surface area contributed by atoms with Crippen molar-refractivity contribution in [3.8, 4) is 11.1 Å². The second-order valence-electron chi connectivity index (χ2n) is 9.84. The number of fused-ring (bicyclic) bond motifs is 2. The molecule has 2 aromatic heterocycles. The normalized spacial score (nSPS) is 12.4. The van der Waals surface area contributed by atoms with Crippen LogP contribution < -0.4 is 10.0 Å². The molecule has 0 saturated carbocycles. The lowest BCUT2D eigenvalue weighted by atomic mass is 10.1. The predicted octanol–water partition coefficient (Wildman–Crippen LogP) is 5.95. The highest BCUT2D eigenvalue weighted by Gasteiger charge is 2.27. The van der Waals surface area contributed by atoms with Gasteiger partial charge in [0, 0.05) is 29.8 Å². The molecule has 42 heavy (non-hydrogen) atoms. The molecule has 1 amide bonds. The number of benzene rings is 4. The molecule has 1 atom stereocenters. The number of amides is 1. The second-order valence-corrected chi connectivity index (χ2v) is 11.6. The molecule has 10 heteroatoms. The van der Waals surface area contributed by atoms with Crippen molar-refractivity contribution in [1.29, 1.82) is 0 Å². The Kier molecular flexibility index (Phi) is 6.85. The van der Waals surface area contributed by atoms with Gasteiger partial charge in [-0.05, 0) is 76.7 Å². The van der Waals surface area contributed by atoms with Crippen molar-refractivity contribution in [2.45, 2.75) is 10.9 Å². The molecule has 0 radical (unpaired) electrons. The SMILES string of the molecule is Cn1ccc2cc(C(NS(=O)(=O)c3ccc(-c4ccc(NC(=O)c5cc6ccccc6o5)cc4)cc3)C(=O)O)ccc21. The third-order valence-corrected chi connectivity index (χ3v) is 8.49. The molecule has 0 fully saturated rings. The van der Waals surface area contributed by atoms with Crippen LogP contribution in [0.3, 0.4) is 0 Å². The minimum Gasteiger partial charge on any atom is -0.480 e. The number of nitrogens with zero attached hydrogens (tertiary/aromatic N) is 1. The standard InChI is InChI=1S/C32H25N3O6S/c1-35-17-16-22-18-24(10-15-27(22)35)30(32(37)38)34-42(39,40)26-13-8-21(9-14-26)20-6-11-25(12-7-20)33-31(36)29-19-23-4-2-3-5-28(23)41-29/h2-19,30,34H,1H3,(H,33,36)(H,37,38). The summed E-state index contributed by atoms with van der Waals surface area (Å²) in [6.07, 6.45) is 1.85. The highest BCUT2D eigenvalue weighted by atomic mass is 32.2. The Bertz CT molecular complexity index is 2030. The van der Waals surface area contributed by atoms with Gasteiger partial charge in [-0.15, -0.1) is 0 Å². The van der Waals surface area contributed by atoms with E-state index in [2.05, 4.69) is 10.0 Å². The number of carbonyl (C=O) groups excluding carboxylic acids is 1. The number of carbonyl (C=O) groups is 2. The molecule has 1 unspecified atom stereocenters. The largest absolute Gasteiger partial charge is 0.480 e. The van der Waals surface area contributed by atoms with Crippen LogP contribution in [-0.2, 0) is 21.9 Å². The van der Waals surface area contributed by atoms with Gasteiger partial charge in [0.05, 0.1) is 4.90 Å². The number of aromatic nitrogens is 1. The summed E-state index contributed by atoms with van der Waals surface area (Å²) in [6, 6.07) is 27.7. The van der Waals surface area contributed by atoms with E-state index in [4.69, 9.17) is 4.42 Å². The first kappa shape index (κ1) is 27.0. The van der Waals surface area contributed by atoms with E-state index >= 15 is 0 Å². The van der Waals surface area contributed by atoms with E-state index in [0.717, 1.165) is 27.4 Å². The summed E-state index contributed by atoms with van der Waals surface area (Å²) >= 11 is 0. The van der Waals surface area contributed by atoms with Crippen LogP contribution in [0.4, 0.5) is 5.69 Å². The van der Waals surface area contributed by atoms with E-state index in [1.165, 1.54) is 12.1 Å². The quantitative estimate of drug-likeness (QED) is 0.204. The van der Waals surface area contributed by atoms with Crippen molar-refractivity contribution in [2.24, 2.45) is 7.05 Å². The number of aryl methyl sites for hydroxylation is 1. The molecule has 2 heterocycles. The molecule has 9 nitrogen and oxygen atoms in total. The number of anilines is 1.